The van der Waals surface area contributed by atoms with Crippen LogP contribution in [0.2, 0.25) is 0 Å². The summed E-state index contributed by atoms with van der Waals surface area (Å²) in [5, 5.41) is 11.7. The van der Waals surface area contributed by atoms with E-state index in [0.717, 1.165) is 5.56 Å². The van der Waals surface area contributed by atoms with Crippen molar-refractivity contribution in [1.29, 1.82) is 5.26 Å². The van der Waals surface area contributed by atoms with Gasteiger partial charge in [0, 0.05) is 12.0 Å². The Kier molecular flexibility index (Phi) is 5.08. The van der Waals surface area contributed by atoms with Gasteiger partial charge in [-0.3, -0.25) is 4.79 Å². The molecule has 0 aliphatic carbocycles. The van der Waals surface area contributed by atoms with Crippen LogP contribution in [0.15, 0.2) is 24.3 Å². The first-order valence-electron chi connectivity index (χ1n) is 6.40. The molecule has 0 aromatic heterocycles. The van der Waals surface area contributed by atoms with E-state index in [4.69, 9.17) is 11.0 Å². The van der Waals surface area contributed by atoms with E-state index < -0.39 is 0 Å². The van der Waals surface area contributed by atoms with Crippen LogP contribution >= 0.6 is 0 Å². The molecule has 19 heavy (non-hydrogen) atoms. The summed E-state index contributed by atoms with van der Waals surface area (Å²) >= 11 is 0. The Labute approximate surface area is 114 Å². The Bertz CT molecular complexity index is 466. The number of nitrogens with two attached hydrogens (primary N) is 1. The van der Waals surface area contributed by atoms with Crippen LogP contribution in [0.25, 0.3) is 0 Å². The Morgan fingerprint density at radius 2 is 2.00 bits per heavy atom. The highest BCUT2D eigenvalue weighted by Gasteiger charge is 2.15. The molecule has 1 amide bonds. The molecular weight excluding hydrogens is 238 g/mol. The molecule has 1 unspecified atom stereocenters. The zero-order valence-corrected chi connectivity index (χ0v) is 11.7. The summed E-state index contributed by atoms with van der Waals surface area (Å²) in [6.07, 6.45) is 1.07. The van der Waals surface area contributed by atoms with Gasteiger partial charge in [-0.2, -0.15) is 5.26 Å². The van der Waals surface area contributed by atoms with Crippen molar-refractivity contribution >= 4 is 5.91 Å². The fourth-order valence-electron chi connectivity index (χ4n) is 1.68. The van der Waals surface area contributed by atoms with Crippen molar-refractivity contribution in [2.24, 2.45) is 5.73 Å². The molecule has 0 heterocycles. The molecule has 0 aliphatic rings. The number of nitrogens with one attached hydrogen (secondary N) is 1. The van der Waals surface area contributed by atoms with Gasteiger partial charge in [-0.25, -0.2) is 0 Å². The van der Waals surface area contributed by atoms with Gasteiger partial charge in [0.15, 0.2) is 0 Å². The second kappa shape index (κ2) is 6.35. The lowest BCUT2D eigenvalue weighted by molar-refractivity contribution is -0.122. The third-order valence-corrected chi connectivity index (χ3v) is 2.91. The minimum Gasteiger partial charge on any atom is -0.350 e. The molecule has 0 saturated carbocycles. The van der Waals surface area contributed by atoms with E-state index in [0.29, 0.717) is 18.4 Å². The molecule has 0 bridgehead atoms. The summed E-state index contributed by atoms with van der Waals surface area (Å²) in [5.74, 6) is -0.00427. The van der Waals surface area contributed by atoms with Gasteiger partial charge in [0.1, 0.15) is 0 Å². The van der Waals surface area contributed by atoms with Crippen LogP contribution in [0.5, 0.6) is 0 Å². The Morgan fingerprint density at radius 3 is 2.47 bits per heavy atom. The van der Waals surface area contributed by atoms with Gasteiger partial charge in [0.2, 0.25) is 5.91 Å². The molecule has 1 aromatic rings. The molecule has 0 aliphatic heterocycles. The van der Waals surface area contributed by atoms with Crippen LogP contribution in [0, 0.1) is 11.3 Å². The second-order valence-corrected chi connectivity index (χ2v) is 5.51. The van der Waals surface area contributed by atoms with E-state index >= 15 is 0 Å². The Balaban J connectivity index is 2.52. The van der Waals surface area contributed by atoms with Gasteiger partial charge in [-0.1, -0.05) is 12.1 Å². The molecule has 0 fully saturated rings. The maximum Gasteiger partial charge on any atom is 0.220 e. The van der Waals surface area contributed by atoms with Crippen molar-refractivity contribution in [2.75, 3.05) is 0 Å². The third kappa shape index (κ3) is 5.54. The number of carbonyl (C=O) groups is 1. The molecule has 3 N–H and O–H groups in total. The molecule has 102 valence electrons. The topological polar surface area (TPSA) is 78.9 Å². The smallest absolute Gasteiger partial charge is 0.220 e. The predicted molar refractivity (Wildman–Crippen MR) is 75.2 cm³/mol. The second-order valence-electron chi connectivity index (χ2n) is 5.51. The molecular formula is C15H21N3O. The number of hydrogen-bond donors (Lipinski definition) is 2. The van der Waals surface area contributed by atoms with Crippen LogP contribution in [0.3, 0.4) is 0 Å². The molecule has 0 saturated heterocycles. The van der Waals surface area contributed by atoms with Crippen LogP contribution < -0.4 is 11.1 Å². The minimum absolute atomic E-state index is 0.00427. The van der Waals surface area contributed by atoms with Crippen molar-refractivity contribution < 1.29 is 4.79 Å². The first-order chi connectivity index (χ1) is 8.81. The maximum atomic E-state index is 11.8. The number of nitriles is 1. The lowest BCUT2D eigenvalue weighted by atomic mass is 9.99. The maximum absolute atomic E-state index is 11.8. The molecule has 1 rings (SSSR count). The monoisotopic (exact) mass is 259 g/mol. The fraction of sp³-hybridized carbons (Fsp3) is 0.467. The largest absolute Gasteiger partial charge is 0.350 e. The highest BCUT2D eigenvalue weighted by atomic mass is 16.1. The Hall–Kier alpha value is -1.86. The van der Waals surface area contributed by atoms with Crippen LogP contribution in [-0.4, -0.2) is 11.4 Å². The summed E-state index contributed by atoms with van der Waals surface area (Å²) in [7, 11) is 0. The van der Waals surface area contributed by atoms with Gasteiger partial charge >= 0.3 is 0 Å². The molecule has 0 radical (unpaired) electrons. The van der Waals surface area contributed by atoms with E-state index in [1.165, 1.54) is 0 Å². The average Bonchev–Trinajstić information content (AvgIpc) is 2.35. The summed E-state index contributed by atoms with van der Waals surface area (Å²) < 4.78 is 0. The predicted octanol–water partition coefficient (Wildman–Crippen LogP) is 2.25. The van der Waals surface area contributed by atoms with E-state index in [1.54, 1.807) is 12.1 Å². The zero-order valence-electron chi connectivity index (χ0n) is 11.7. The third-order valence-electron chi connectivity index (χ3n) is 2.91. The lowest BCUT2D eigenvalue weighted by Crippen LogP contribution is -2.35. The average molecular weight is 259 g/mol. The number of hydrogen-bond acceptors (Lipinski definition) is 3. The van der Waals surface area contributed by atoms with E-state index in [1.807, 2.05) is 32.9 Å². The van der Waals surface area contributed by atoms with Gasteiger partial charge in [0.05, 0.1) is 17.7 Å². The van der Waals surface area contributed by atoms with Crippen LogP contribution in [-0.2, 0) is 4.79 Å². The molecule has 1 aromatic carbocycles. The molecule has 1 atom stereocenters. The van der Waals surface area contributed by atoms with Gasteiger partial charge in [0.25, 0.3) is 0 Å². The van der Waals surface area contributed by atoms with E-state index in [-0.39, 0.29) is 17.5 Å². The zero-order chi connectivity index (χ0) is 14.5. The quantitative estimate of drug-likeness (QED) is 0.851. The number of rotatable bonds is 5. The van der Waals surface area contributed by atoms with Crippen molar-refractivity contribution in [3.05, 3.63) is 35.4 Å². The SMILES string of the molecule is CC(NC(=O)CCC(C)(C)N)c1ccc(C#N)cc1. The summed E-state index contributed by atoms with van der Waals surface area (Å²) in [5.41, 5.74) is 7.13. The first-order valence-corrected chi connectivity index (χ1v) is 6.40. The molecule has 0 spiro atoms. The number of carbonyl (C=O) groups excluding carboxylic acids is 1. The van der Waals surface area contributed by atoms with Crippen molar-refractivity contribution in [3.63, 3.8) is 0 Å². The van der Waals surface area contributed by atoms with Crippen LogP contribution in [0.1, 0.15) is 50.8 Å². The van der Waals surface area contributed by atoms with E-state index in [2.05, 4.69) is 11.4 Å². The number of benzene rings is 1. The van der Waals surface area contributed by atoms with Gasteiger partial charge < -0.3 is 11.1 Å². The van der Waals surface area contributed by atoms with Crippen molar-refractivity contribution in [3.8, 4) is 6.07 Å². The summed E-state index contributed by atoms with van der Waals surface area (Å²) in [6, 6.07) is 9.22. The van der Waals surface area contributed by atoms with Gasteiger partial charge in [-0.05, 0) is 44.9 Å². The van der Waals surface area contributed by atoms with E-state index in [9.17, 15) is 4.79 Å². The van der Waals surface area contributed by atoms with Crippen LogP contribution in [0.4, 0.5) is 0 Å². The highest BCUT2D eigenvalue weighted by molar-refractivity contribution is 5.76. The number of amides is 1. The normalized spacial score (nSPS) is 12.6. The number of nitrogens with zero attached hydrogens (tertiary/aromatic N) is 1. The highest BCUT2D eigenvalue weighted by Crippen LogP contribution is 2.14. The lowest BCUT2D eigenvalue weighted by Gasteiger charge is -2.19. The standard InChI is InChI=1S/C15H21N3O/c1-11(13-6-4-12(10-16)5-7-13)18-14(19)8-9-15(2,3)17/h4-7,11H,8-9,17H2,1-3H3,(H,18,19). The summed E-state index contributed by atoms with van der Waals surface area (Å²) in [4.78, 5) is 11.8. The molecule has 4 heteroatoms. The van der Waals surface area contributed by atoms with Gasteiger partial charge in [-0.15, -0.1) is 0 Å². The summed E-state index contributed by atoms with van der Waals surface area (Å²) in [6.45, 7) is 5.74. The Morgan fingerprint density at radius 1 is 1.42 bits per heavy atom. The molecule has 4 nitrogen and oxygen atoms in total. The first kappa shape index (κ1) is 15.2. The van der Waals surface area contributed by atoms with Crippen molar-refractivity contribution in [1.82, 2.24) is 5.32 Å². The fourth-order valence-corrected chi connectivity index (χ4v) is 1.68. The van der Waals surface area contributed by atoms with Crippen molar-refractivity contribution in [2.45, 2.75) is 45.2 Å². The minimum atomic E-state index is -0.324.